The average molecular weight is 233 g/mol. The number of nitrogens with one attached hydrogen (secondary N) is 1. The highest BCUT2D eigenvalue weighted by molar-refractivity contribution is 5.74. The van der Waals surface area contributed by atoms with E-state index < -0.39 is 5.92 Å². The Hall–Kier alpha value is -0.910. The number of piperazine rings is 1. The summed E-state index contributed by atoms with van der Waals surface area (Å²) in [5.74, 6) is -2.58. The van der Waals surface area contributed by atoms with Gasteiger partial charge in [-0.1, -0.05) is 0 Å². The smallest absolute Gasteiger partial charge is 0.320 e. The number of alkyl halides is 2. The molecular weight excluding hydrogens is 216 g/mol. The Morgan fingerprint density at radius 1 is 1.00 bits per heavy atom. The van der Waals surface area contributed by atoms with Crippen LogP contribution in [0.4, 0.5) is 13.6 Å². The maximum absolute atomic E-state index is 12.9. The molecule has 0 aliphatic carbocycles. The van der Waals surface area contributed by atoms with Crippen molar-refractivity contribution < 1.29 is 13.6 Å². The molecule has 0 radical (unpaired) electrons. The molecule has 2 rings (SSSR count). The molecule has 0 aromatic rings. The molecule has 4 nitrogen and oxygen atoms in total. The number of rotatable bonds is 0. The molecule has 16 heavy (non-hydrogen) atoms. The molecule has 0 spiro atoms. The predicted molar refractivity (Wildman–Crippen MR) is 55.6 cm³/mol. The van der Waals surface area contributed by atoms with E-state index in [1.165, 1.54) is 0 Å². The molecule has 0 aromatic heterocycles. The number of halogens is 2. The van der Waals surface area contributed by atoms with E-state index in [2.05, 4.69) is 5.32 Å². The minimum atomic E-state index is -2.58. The van der Waals surface area contributed by atoms with Crippen LogP contribution >= 0.6 is 0 Å². The molecule has 0 unspecified atom stereocenters. The van der Waals surface area contributed by atoms with Crippen LogP contribution in [0.1, 0.15) is 12.8 Å². The lowest BCUT2D eigenvalue weighted by Gasteiger charge is -2.37. The topological polar surface area (TPSA) is 35.6 Å². The first-order chi connectivity index (χ1) is 7.58. The van der Waals surface area contributed by atoms with Crippen LogP contribution in [0.15, 0.2) is 0 Å². The van der Waals surface area contributed by atoms with Crippen molar-refractivity contribution in [1.82, 2.24) is 15.1 Å². The quantitative estimate of drug-likeness (QED) is 0.670. The van der Waals surface area contributed by atoms with E-state index in [0.717, 1.165) is 13.1 Å². The molecule has 6 heteroatoms. The van der Waals surface area contributed by atoms with Crippen molar-refractivity contribution in [2.45, 2.75) is 18.8 Å². The molecule has 0 aromatic carbocycles. The average Bonchev–Trinajstić information content (AvgIpc) is 2.29. The molecule has 2 heterocycles. The van der Waals surface area contributed by atoms with Gasteiger partial charge < -0.3 is 15.1 Å². The van der Waals surface area contributed by atoms with Crippen LogP contribution in [-0.4, -0.2) is 61.0 Å². The summed E-state index contributed by atoms with van der Waals surface area (Å²) < 4.78 is 25.8. The van der Waals surface area contributed by atoms with Gasteiger partial charge in [-0.2, -0.15) is 0 Å². The highest BCUT2D eigenvalue weighted by Gasteiger charge is 2.36. The summed E-state index contributed by atoms with van der Waals surface area (Å²) >= 11 is 0. The van der Waals surface area contributed by atoms with Crippen molar-refractivity contribution in [2.24, 2.45) is 0 Å². The zero-order valence-corrected chi connectivity index (χ0v) is 9.22. The van der Waals surface area contributed by atoms with Crippen LogP contribution in [0.3, 0.4) is 0 Å². The van der Waals surface area contributed by atoms with Gasteiger partial charge in [0.05, 0.1) is 0 Å². The van der Waals surface area contributed by atoms with Gasteiger partial charge in [0.15, 0.2) is 0 Å². The number of carbonyl (C=O) groups excluding carboxylic acids is 1. The van der Waals surface area contributed by atoms with Crippen molar-refractivity contribution in [2.75, 3.05) is 39.3 Å². The van der Waals surface area contributed by atoms with E-state index in [1.54, 1.807) is 9.80 Å². The van der Waals surface area contributed by atoms with Crippen molar-refractivity contribution >= 4 is 6.03 Å². The molecule has 2 aliphatic heterocycles. The molecule has 92 valence electrons. The van der Waals surface area contributed by atoms with Gasteiger partial charge in [0.25, 0.3) is 5.92 Å². The molecular formula is C10H17F2N3O. The minimum Gasteiger partial charge on any atom is -0.324 e. The highest BCUT2D eigenvalue weighted by Crippen LogP contribution is 2.28. The second kappa shape index (κ2) is 4.53. The van der Waals surface area contributed by atoms with Gasteiger partial charge in [-0.3, -0.25) is 0 Å². The number of likely N-dealkylation sites (tertiary alicyclic amines) is 1. The fourth-order valence-corrected chi connectivity index (χ4v) is 2.08. The molecule has 0 bridgehead atoms. The van der Waals surface area contributed by atoms with Gasteiger partial charge >= 0.3 is 6.03 Å². The largest absolute Gasteiger partial charge is 0.324 e. The Morgan fingerprint density at radius 3 is 2.06 bits per heavy atom. The summed E-state index contributed by atoms with van der Waals surface area (Å²) in [4.78, 5) is 15.2. The van der Waals surface area contributed by atoms with Gasteiger partial charge in [-0.05, 0) is 0 Å². The first-order valence-corrected chi connectivity index (χ1v) is 5.71. The molecule has 1 N–H and O–H groups in total. The summed E-state index contributed by atoms with van der Waals surface area (Å²) in [6, 6.07) is -0.0861. The number of nitrogens with zero attached hydrogens (tertiary/aromatic N) is 2. The number of carbonyl (C=O) groups is 1. The zero-order valence-electron chi connectivity index (χ0n) is 9.22. The number of hydrogen-bond donors (Lipinski definition) is 1. The number of piperidine rings is 1. The summed E-state index contributed by atoms with van der Waals surface area (Å²) in [5, 5.41) is 3.15. The molecule has 2 aliphatic rings. The first kappa shape index (κ1) is 11.6. The van der Waals surface area contributed by atoms with Crippen molar-refractivity contribution in [3.8, 4) is 0 Å². The van der Waals surface area contributed by atoms with Crippen molar-refractivity contribution in [3.63, 3.8) is 0 Å². The normalized spacial score (nSPS) is 25.6. The molecule has 0 atom stereocenters. The second-order valence-electron chi connectivity index (χ2n) is 4.36. The van der Waals surface area contributed by atoms with E-state index in [1.807, 2.05) is 0 Å². The molecule has 2 saturated heterocycles. The fraction of sp³-hybridized carbons (Fsp3) is 0.900. The lowest BCUT2D eigenvalue weighted by molar-refractivity contribution is -0.0492. The predicted octanol–water partition coefficient (Wildman–Crippen LogP) is 0.743. The van der Waals surface area contributed by atoms with Crippen LogP contribution in [-0.2, 0) is 0 Å². The number of urea groups is 1. The van der Waals surface area contributed by atoms with E-state index in [9.17, 15) is 13.6 Å². The fourth-order valence-electron chi connectivity index (χ4n) is 2.08. The lowest BCUT2D eigenvalue weighted by Crippen LogP contribution is -2.54. The lowest BCUT2D eigenvalue weighted by atomic mass is 10.1. The maximum atomic E-state index is 12.9. The maximum Gasteiger partial charge on any atom is 0.320 e. The Balaban J connectivity index is 1.86. The SMILES string of the molecule is O=C(N1CCNCC1)N1CCC(F)(F)CC1. The summed E-state index contributed by atoms with van der Waals surface area (Å²) in [6.45, 7) is 3.27. The van der Waals surface area contributed by atoms with Crippen molar-refractivity contribution in [1.29, 1.82) is 0 Å². The van der Waals surface area contributed by atoms with E-state index >= 15 is 0 Å². The Kier molecular flexibility index (Phi) is 3.28. The Labute approximate surface area is 93.6 Å². The summed E-state index contributed by atoms with van der Waals surface area (Å²) in [5.41, 5.74) is 0. The van der Waals surface area contributed by atoms with Crippen LogP contribution in [0.2, 0.25) is 0 Å². The summed E-state index contributed by atoms with van der Waals surface area (Å²) in [6.07, 6.45) is -0.407. The van der Waals surface area contributed by atoms with Crippen LogP contribution in [0.5, 0.6) is 0 Å². The second-order valence-corrected chi connectivity index (χ2v) is 4.36. The van der Waals surface area contributed by atoms with Crippen LogP contribution < -0.4 is 5.32 Å². The number of amides is 2. The van der Waals surface area contributed by atoms with Gasteiger partial charge in [0.1, 0.15) is 0 Å². The van der Waals surface area contributed by atoms with Gasteiger partial charge in [0, 0.05) is 52.1 Å². The third-order valence-corrected chi connectivity index (χ3v) is 3.15. The van der Waals surface area contributed by atoms with Gasteiger partial charge in [-0.15, -0.1) is 0 Å². The third-order valence-electron chi connectivity index (χ3n) is 3.15. The highest BCUT2D eigenvalue weighted by atomic mass is 19.3. The van der Waals surface area contributed by atoms with Gasteiger partial charge in [-0.25, -0.2) is 13.6 Å². The monoisotopic (exact) mass is 233 g/mol. The standard InChI is InChI=1S/C10H17F2N3O/c11-10(12)1-5-14(6-2-10)9(16)15-7-3-13-4-8-15/h13H,1-8H2. The molecule has 2 fully saturated rings. The minimum absolute atomic E-state index is 0.0861. The van der Waals surface area contributed by atoms with E-state index in [0.29, 0.717) is 13.1 Å². The van der Waals surface area contributed by atoms with Crippen molar-refractivity contribution in [3.05, 3.63) is 0 Å². The zero-order chi connectivity index (χ0) is 11.6. The molecule has 0 saturated carbocycles. The van der Waals surface area contributed by atoms with Crippen LogP contribution in [0.25, 0.3) is 0 Å². The third kappa shape index (κ3) is 2.61. The first-order valence-electron chi connectivity index (χ1n) is 5.71. The van der Waals surface area contributed by atoms with Crippen LogP contribution in [0, 0.1) is 0 Å². The molecule has 2 amide bonds. The number of hydrogen-bond acceptors (Lipinski definition) is 2. The Morgan fingerprint density at radius 2 is 1.50 bits per heavy atom. The Bertz CT molecular complexity index is 257. The summed E-state index contributed by atoms with van der Waals surface area (Å²) in [7, 11) is 0. The van der Waals surface area contributed by atoms with E-state index in [-0.39, 0.29) is 32.0 Å². The van der Waals surface area contributed by atoms with E-state index in [4.69, 9.17) is 0 Å². The van der Waals surface area contributed by atoms with Gasteiger partial charge in [0.2, 0.25) is 0 Å².